The molecule has 0 fully saturated rings. The van der Waals surface area contributed by atoms with Crippen molar-refractivity contribution in [3.8, 4) is 11.5 Å². The molecule has 2 aromatic rings. The summed E-state index contributed by atoms with van der Waals surface area (Å²) in [6.07, 6.45) is 0. The SMILES string of the molecule is CCOc1ccc(C(=O)NCC(=O)OCc2cccc(F)c2)cc1OCC. The number of esters is 1. The van der Waals surface area contributed by atoms with E-state index < -0.39 is 17.7 Å². The molecule has 0 spiro atoms. The highest BCUT2D eigenvalue weighted by Crippen LogP contribution is 2.28. The van der Waals surface area contributed by atoms with E-state index in [2.05, 4.69) is 5.32 Å². The van der Waals surface area contributed by atoms with Crippen molar-refractivity contribution in [3.63, 3.8) is 0 Å². The topological polar surface area (TPSA) is 73.9 Å². The molecular formula is C20H22FNO5. The highest BCUT2D eigenvalue weighted by molar-refractivity contribution is 5.96. The highest BCUT2D eigenvalue weighted by atomic mass is 19.1. The molecule has 1 N–H and O–H groups in total. The van der Waals surface area contributed by atoms with Crippen molar-refractivity contribution in [3.05, 3.63) is 59.4 Å². The molecule has 0 aliphatic carbocycles. The van der Waals surface area contributed by atoms with E-state index in [4.69, 9.17) is 14.2 Å². The van der Waals surface area contributed by atoms with Crippen LogP contribution in [0.5, 0.6) is 11.5 Å². The maximum atomic E-state index is 13.1. The number of nitrogens with one attached hydrogen (secondary N) is 1. The Morgan fingerprint density at radius 1 is 1.00 bits per heavy atom. The predicted octanol–water partition coefficient (Wildman–Crippen LogP) is 3.10. The van der Waals surface area contributed by atoms with E-state index in [1.165, 1.54) is 18.2 Å². The van der Waals surface area contributed by atoms with Crippen molar-refractivity contribution in [1.29, 1.82) is 0 Å². The van der Waals surface area contributed by atoms with Crippen LogP contribution in [0.25, 0.3) is 0 Å². The van der Waals surface area contributed by atoms with E-state index in [1.54, 1.807) is 24.3 Å². The number of hydrogen-bond donors (Lipinski definition) is 1. The number of amides is 1. The molecule has 0 atom stereocenters. The average molecular weight is 375 g/mol. The lowest BCUT2D eigenvalue weighted by Gasteiger charge is -2.12. The normalized spacial score (nSPS) is 10.2. The average Bonchev–Trinajstić information content (AvgIpc) is 2.66. The van der Waals surface area contributed by atoms with Gasteiger partial charge < -0.3 is 19.5 Å². The van der Waals surface area contributed by atoms with Crippen LogP contribution in [-0.4, -0.2) is 31.6 Å². The number of hydrogen-bond acceptors (Lipinski definition) is 5. The standard InChI is InChI=1S/C20H22FNO5/c1-3-25-17-9-8-15(11-18(17)26-4-2)20(24)22-12-19(23)27-13-14-6-5-7-16(21)10-14/h5-11H,3-4,12-13H2,1-2H3,(H,22,24). The van der Waals surface area contributed by atoms with Crippen molar-refractivity contribution in [2.75, 3.05) is 19.8 Å². The second-order valence-corrected chi connectivity index (χ2v) is 5.50. The second-order valence-electron chi connectivity index (χ2n) is 5.50. The van der Waals surface area contributed by atoms with Gasteiger partial charge in [-0.1, -0.05) is 12.1 Å². The van der Waals surface area contributed by atoms with Gasteiger partial charge in [0.15, 0.2) is 11.5 Å². The number of halogens is 1. The van der Waals surface area contributed by atoms with Gasteiger partial charge in [-0.2, -0.15) is 0 Å². The molecule has 144 valence electrons. The van der Waals surface area contributed by atoms with E-state index in [0.717, 1.165) is 0 Å². The zero-order valence-corrected chi connectivity index (χ0v) is 15.3. The van der Waals surface area contributed by atoms with Crippen LogP contribution < -0.4 is 14.8 Å². The maximum absolute atomic E-state index is 13.1. The molecule has 2 aromatic carbocycles. The fourth-order valence-corrected chi connectivity index (χ4v) is 2.29. The van der Waals surface area contributed by atoms with Crippen LogP contribution in [0.2, 0.25) is 0 Å². The molecule has 6 nitrogen and oxygen atoms in total. The van der Waals surface area contributed by atoms with Gasteiger partial charge in [0, 0.05) is 5.56 Å². The Hall–Kier alpha value is -3.09. The Balaban J connectivity index is 1.88. The van der Waals surface area contributed by atoms with Crippen molar-refractivity contribution in [2.24, 2.45) is 0 Å². The molecule has 7 heteroatoms. The quantitative estimate of drug-likeness (QED) is 0.682. The summed E-state index contributed by atoms with van der Waals surface area (Å²) >= 11 is 0. The molecule has 0 aliphatic rings. The smallest absolute Gasteiger partial charge is 0.325 e. The van der Waals surface area contributed by atoms with Crippen molar-refractivity contribution in [1.82, 2.24) is 5.32 Å². The van der Waals surface area contributed by atoms with Gasteiger partial charge in [-0.15, -0.1) is 0 Å². The van der Waals surface area contributed by atoms with Crippen LogP contribution in [0.3, 0.4) is 0 Å². The summed E-state index contributed by atoms with van der Waals surface area (Å²) in [6, 6.07) is 10.5. The summed E-state index contributed by atoms with van der Waals surface area (Å²) in [5.41, 5.74) is 0.863. The number of carbonyl (C=O) groups excluding carboxylic acids is 2. The zero-order valence-electron chi connectivity index (χ0n) is 15.3. The third-order valence-electron chi connectivity index (χ3n) is 3.49. The van der Waals surface area contributed by atoms with Gasteiger partial charge in [-0.3, -0.25) is 9.59 Å². The van der Waals surface area contributed by atoms with E-state index in [9.17, 15) is 14.0 Å². The Bertz CT molecular complexity index is 794. The number of benzene rings is 2. The van der Waals surface area contributed by atoms with Crippen LogP contribution in [-0.2, 0) is 16.1 Å². The monoisotopic (exact) mass is 375 g/mol. The first-order valence-corrected chi connectivity index (χ1v) is 8.61. The minimum atomic E-state index is -0.622. The van der Waals surface area contributed by atoms with Gasteiger partial charge in [0.1, 0.15) is 19.0 Å². The molecule has 0 saturated heterocycles. The summed E-state index contributed by atoms with van der Waals surface area (Å²) in [6.45, 7) is 4.22. The molecule has 0 saturated carbocycles. The lowest BCUT2D eigenvalue weighted by Crippen LogP contribution is -2.30. The van der Waals surface area contributed by atoms with Gasteiger partial charge >= 0.3 is 5.97 Å². The summed E-state index contributed by atoms with van der Waals surface area (Å²) in [5.74, 6) is -0.464. The highest BCUT2D eigenvalue weighted by Gasteiger charge is 2.13. The molecule has 2 rings (SSSR count). The predicted molar refractivity (Wildman–Crippen MR) is 97.3 cm³/mol. The number of rotatable bonds is 9. The van der Waals surface area contributed by atoms with Gasteiger partial charge in [-0.05, 0) is 49.7 Å². The second kappa shape index (κ2) is 10.2. The molecule has 0 aromatic heterocycles. The van der Waals surface area contributed by atoms with Gasteiger partial charge in [0.2, 0.25) is 0 Å². The summed E-state index contributed by atoms with van der Waals surface area (Å²) < 4.78 is 29.0. The minimum absolute atomic E-state index is 0.0655. The lowest BCUT2D eigenvalue weighted by atomic mass is 10.2. The zero-order chi connectivity index (χ0) is 19.6. The van der Waals surface area contributed by atoms with Crippen LogP contribution in [0.15, 0.2) is 42.5 Å². The largest absolute Gasteiger partial charge is 0.490 e. The molecule has 1 amide bonds. The van der Waals surface area contributed by atoms with Crippen molar-refractivity contribution >= 4 is 11.9 Å². The molecule has 0 bridgehead atoms. The fraction of sp³-hybridized carbons (Fsp3) is 0.300. The lowest BCUT2D eigenvalue weighted by molar-refractivity contribution is -0.143. The first-order valence-electron chi connectivity index (χ1n) is 8.61. The molecule has 0 aliphatic heterocycles. The Morgan fingerprint density at radius 3 is 2.44 bits per heavy atom. The first kappa shape index (κ1) is 20.2. The third kappa shape index (κ3) is 6.29. The molecule has 0 unspecified atom stereocenters. The molecule has 0 radical (unpaired) electrons. The Kier molecular flexibility index (Phi) is 7.61. The summed E-state index contributed by atoms with van der Waals surface area (Å²) in [5, 5.41) is 2.48. The maximum Gasteiger partial charge on any atom is 0.325 e. The van der Waals surface area contributed by atoms with Crippen LogP contribution >= 0.6 is 0 Å². The Morgan fingerprint density at radius 2 is 1.74 bits per heavy atom. The van der Waals surface area contributed by atoms with E-state index >= 15 is 0 Å². The summed E-state index contributed by atoms with van der Waals surface area (Å²) in [7, 11) is 0. The van der Waals surface area contributed by atoms with Gasteiger partial charge in [-0.25, -0.2) is 4.39 Å². The molecule has 27 heavy (non-hydrogen) atoms. The van der Waals surface area contributed by atoms with Crippen LogP contribution in [0, 0.1) is 5.82 Å². The molecule has 0 heterocycles. The van der Waals surface area contributed by atoms with Gasteiger partial charge in [0.05, 0.1) is 13.2 Å². The third-order valence-corrected chi connectivity index (χ3v) is 3.49. The van der Waals surface area contributed by atoms with E-state index in [1.807, 2.05) is 13.8 Å². The Labute approximate surface area is 157 Å². The minimum Gasteiger partial charge on any atom is -0.490 e. The first-order chi connectivity index (χ1) is 13.0. The van der Waals surface area contributed by atoms with E-state index in [-0.39, 0.29) is 13.2 Å². The van der Waals surface area contributed by atoms with Crippen LogP contribution in [0.4, 0.5) is 4.39 Å². The van der Waals surface area contributed by atoms with Crippen molar-refractivity contribution in [2.45, 2.75) is 20.5 Å². The fourth-order valence-electron chi connectivity index (χ4n) is 2.29. The van der Waals surface area contributed by atoms with Crippen LogP contribution in [0.1, 0.15) is 29.8 Å². The molecular weight excluding hydrogens is 353 g/mol. The number of ether oxygens (including phenoxy) is 3. The van der Waals surface area contributed by atoms with Gasteiger partial charge in [0.25, 0.3) is 5.91 Å². The number of carbonyl (C=O) groups is 2. The van der Waals surface area contributed by atoms with Crippen molar-refractivity contribution < 1.29 is 28.2 Å². The van der Waals surface area contributed by atoms with E-state index in [0.29, 0.717) is 35.8 Å². The summed E-state index contributed by atoms with van der Waals surface area (Å²) in [4.78, 5) is 24.0.